The van der Waals surface area contributed by atoms with Crippen molar-refractivity contribution in [1.29, 1.82) is 0 Å². The number of anilines is 1. The van der Waals surface area contributed by atoms with Crippen LogP contribution in [0.25, 0.3) is 0 Å². The first-order valence-electron chi connectivity index (χ1n) is 9.97. The summed E-state index contributed by atoms with van der Waals surface area (Å²) in [6.45, 7) is 6.97. The summed E-state index contributed by atoms with van der Waals surface area (Å²) in [6.07, 6.45) is 0.347. The second-order valence-corrected chi connectivity index (χ2v) is 9.27. The van der Waals surface area contributed by atoms with Gasteiger partial charge in [-0.15, -0.1) is 0 Å². The lowest BCUT2D eigenvalue weighted by molar-refractivity contribution is -0.132. The Hall–Kier alpha value is -1.99. The Bertz CT molecular complexity index is 969. The third kappa shape index (κ3) is 4.31. The molecule has 4 rings (SSSR count). The standard InChI is InChI=1S/C21H25ClN4O2S/c1-14(2)18-12-20(28)26-17(13-29-21(26)23-18)11-19(27)25-8-6-24(7-9-25)16-5-3-4-15(22)10-16/h3-5,10,12,14,17H,6-9,11,13H2,1-2H3. The largest absolute Gasteiger partial charge is 0.368 e. The van der Waals surface area contributed by atoms with Crippen molar-refractivity contribution in [3.05, 3.63) is 51.4 Å². The number of hydrogen-bond donors (Lipinski definition) is 0. The van der Waals surface area contributed by atoms with Crippen LogP contribution in [0.15, 0.2) is 40.3 Å². The number of piperazine rings is 1. The minimum atomic E-state index is -0.116. The Morgan fingerprint density at radius 1 is 1.24 bits per heavy atom. The minimum Gasteiger partial charge on any atom is -0.368 e. The van der Waals surface area contributed by atoms with E-state index in [9.17, 15) is 9.59 Å². The quantitative estimate of drug-likeness (QED) is 0.693. The van der Waals surface area contributed by atoms with Crippen molar-refractivity contribution >= 4 is 35.0 Å². The molecule has 3 heterocycles. The van der Waals surface area contributed by atoms with Gasteiger partial charge < -0.3 is 9.80 Å². The molecule has 1 atom stereocenters. The van der Waals surface area contributed by atoms with Crippen LogP contribution in [-0.2, 0) is 4.79 Å². The molecule has 1 aromatic carbocycles. The molecule has 0 spiro atoms. The summed E-state index contributed by atoms with van der Waals surface area (Å²) in [6, 6.07) is 9.30. The summed E-state index contributed by atoms with van der Waals surface area (Å²) >= 11 is 7.66. The molecule has 154 valence electrons. The Balaban J connectivity index is 1.39. The average molecular weight is 433 g/mol. The summed E-state index contributed by atoms with van der Waals surface area (Å²) in [7, 11) is 0. The molecule has 2 aromatic rings. The second-order valence-electron chi connectivity index (χ2n) is 7.84. The van der Waals surface area contributed by atoms with Crippen molar-refractivity contribution in [3.63, 3.8) is 0 Å². The molecule has 8 heteroatoms. The predicted molar refractivity (Wildman–Crippen MR) is 117 cm³/mol. The van der Waals surface area contributed by atoms with Crippen LogP contribution in [0, 0.1) is 0 Å². The van der Waals surface area contributed by atoms with Crippen LogP contribution in [0.4, 0.5) is 5.69 Å². The molecule has 0 N–H and O–H groups in total. The molecular weight excluding hydrogens is 408 g/mol. The molecule has 0 bridgehead atoms. The Morgan fingerprint density at radius 2 is 2.00 bits per heavy atom. The topological polar surface area (TPSA) is 58.4 Å². The first-order valence-corrected chi connectivity index (χ1v) is 11.3. The van der Waals surface area contributed by atoms with Gasteiger partial charge in [-0.3, -0.25) is 14.2 Å². The number of amides is 1. The highest BCUT2D eigenvalue weighted by Gasteiger charge is 2.30. The molecular formula is C21H25ClN4O2S. The molecule has 1 unspecified atom stereocenters. The number of halogens is 1. The van der Waals surface area contributed by atoms with E-state index >= 15 is 0 Å². The number of nitrogens with zero attached hydrogens (tertiary/aromatic N) is 4. The first-order chi connectivity index (χ1) is 13.9. The SMILES string of the molecule is CC(C)c1cc(=O)n2c(n1)SCC2CC(=O)N1CCN(c2cccc(Cl)c2)CC1. The van der Waals surface area contributed by atoms with E-state index in [1.54, 1.807) is 22.4 Å². The van der Waals surface area contributed by atoms with E-state index in [0.717, 1.165) is 40.4 Å². The highest BCUT2D eigenvalue weighted by atomic mass is 35.5. The summed E-state index contributed by atoms with van der Waals surface area (Å²) in [4.78, 5) is 34.3. The van der Waals surface area contributed by atoms with Crippen molar-refractivity contribution in [1.82, 2.24) is 14.5 Å². The number of rotatable bonds is 4. The fourth-order valence-corrected chi connectivity index (χ4v) is 5.17. The number of carbonyl (C=O) groups is 1. The van der Waals surface area contributed by atoms with Gasteiger partial charge in [0.15, 0.2) is 5.16 Å². The molecule has 6 nitrogen and oxygen atoms in total. The molecule has 29 heavy (non-hydrogen) atoms. The summed E-state index contributed by atoms with van der Waals surface area (Å²) in [5, 5.41) is 1.46. The fourth-order valence-electron chi connectivity index (χ4n) is 3.83. The highest BCUT2D eigenvalue weighted by molar-refractivity contribution is 7.99. The van der Waals surface area contributed by atoms with Crippen molar-refractivity contribution in [3.8, 4) is 0 Å². The number of fused-ring (bicyclic) bond motifs is 1. The van der Waals surface area contributed by atoms with E-state index in [-0.39, 0.29) is 23.4 Å². The van der Waals surface area contributed by atoms with Gasteiger partial charge in [0, 0.05) is 55.1 Å². The minimum absolute atomic E-state index is 0.0488. The number of benzene rings is 1. The zero-order chi connectivity index (χ0) is 20.5. The van der Waals surface area contributed by atoms with Crippen LogP contribution in [0.2, 0.25) is 5.02 Å². The lowest BCUT2D eigenvalue weighted by Gasteiger charge is -2.36. The van der Waals surface area contributed by atoms with Gasteiger partial charge in [-0.05, 0) is 24.1 Å². The smallest absolute Gasteiger partial charge is 0.254 e. The predicted octanol–water partition coefficient (Wildman–Crippen LogP) is 3.41. The van der Waals surface area contributed by atoms with E-state index in [4.69, 9.17) is 11.6 Å². The third-order valence-corrected chi connectivity index (χ3v) is 6.85. The summed E-state index contributed by atoms with van der Waals surface area (Å²) in [5.41, 5.74) is 1.86. The Labute approximate surface area is 179 Å². The normalized spacial score (nSPS) is 19.0. The number of hydrogen-bond acceptors (Lipinski definition) is 5. The number of thioether (sulfide) groups is 1. The van der Waals surface area contributed by atoms with Gasteiger partial charge in [-0.25, -0.2) is 4.98 Å². The van der Waals surface area contributed by atoms with Crippen LogP contribution in [0.3, 0.4) is 0 Å². The zero-order valence-corrected chi connectivity index (χ0v) is 18.2. The maximum absolute atomic E-state index is 12.9. The van der Waals surface area contributed by atoms with E-state index < -0.39 is 0 Å². The monoisotopic (exact) mass is 432 g/mol. The van der Waals surface area contributed by atoms with Gasteiger partial charge in [0.2, 0.25) is 5.91 Å². The molecule has 0 saturated carbocycles. The van der Waals surface area contributed by atoms with Crippen LogP contribution in [-0.4, -0.2) is 52.3 Å². The molecule has 2 aliphatic heterocycles. The lowest BCUT2D eigenvalue weighted by atomic mass is 10.1. The van der Waals surface area contributed by atoms with Gasteiger partial charge in [0.05, 0.1) is 11.7 Å². The first kappa shape index (κ1) is 20.3. The van der Waals surface area contributed by atoms with Gasteiger partial charge >= 0.3 is 0 Å². The molecule has 2 aliphatic rings. The maximum atomic E-state index is 12.9. The molecule has 1 saturated heterocycles. The van der Waals surface area contributed by atoms with Gasteiger partial charge in [0.25, 0.3) is 5.56 Å². The fraction of sp³-hybridized carbons (Fsp3) is 0.476. The van der Waals surface area contributed by atoms with E-state index in [1.807, 2.05) is 43.0 Å². The van der Waals surface area contributed by atoms with Gasteiger partial charge in [-0.2, -0.15) is 0 Å². The number of aromatic nitrogens is 2. The van der Waals surface area contributed by atoms with E-state index in [2.05, 4.69) is 9.88 Å². The molecule has 1 aromatic heterocycles. The van der Waals surface area contributed by atoms with Crippen LogP contribution >= 0.6 is 23.4 Å². The molecule has 1 amide bonds. The summed E-state index contributed by atoms with van der Waals surface area (Å²) in [5.74, 6) is 1.04. The van der Waals surface area contributed by atoms with Crippen molar-refractivity contribution < 1.29 is 4.79 Å². The maximum Gasteiger partial charge on any atom is 0.254 e. The lowest BCUT2D eigenvalue weighted by Crippen LogP contribution is -2.49. The van der Waals surface area contributed by atoms with E-state index in [1.165, 1.54) is 0 Å². The summed E-state index contributed by atoms with van der Waals surface area (Å²) < 4.78 is 1.71. The Morgan fingerprint density at radius 3 is 2.69 bits per heavy atom. The zero-order valence-electron chi connectivity index (χ0n) is 16.7. The van der Waals surface area contributed by atoms with Crippen molar-refractivity contribution in [2.75, 3.05) is 36.8 Å². The van der Waals surface area contributed by atoms with Crippen LogP contribution < -0.4 is 10.5 Å². The second kappa shape index (κ2) is 8.40. The van der Waals surface area contributed by atoms with E-state index in [0.29, 0.717) is 19.5 Å². The van der Waals surface area contributed by atoms with Crippen LogP contribution in [0.1, 0.15) is 37.9 Å². The van der Waals surface area contributed by atoms with Crippen molar-refractivity contribution in [2.45, 2.75) is 37.4 Å². The number of carbonyl (C=O) groups excluding carboxylic acids is 1. The molecule has 0 aliphatic carbocycles. The van der Waals surface area contributed by atoms with Crippen molar-refractivity contribution in [2.24, 2.45) is 0 Å². The third-order valence-electron chi connectivity index (χ3n) is 5.52. The molecule has 0 radical (unpaired) electrons. The van der Waals surface area contributed by atoms with Crippen LogP contribution in [0.5, 0.6) is 0 Å². The Kier molecular flexibility index (Phi) is 5.88. The highest BCUT2D eigenvalue weighted by Crippen LogP contribution is 2.33. The van der Waals surface area contributed by atoms with Gasteiger partial charge in [-0.1, -0.05) is 43.3 Å². The average Bonchev–Trinajstić information content (AvgIpc) is 3.11. The van der Waals surface area contributed by atoms with Gasteiger partial charge in [0.1, 0.15) is 0 Å². The molecule has 1 fully saturated rings.